The third-order valence-corrected chi connectivity index (χ3v) is 239. The fraction of sp³-hybridized carbons (Fsp3) is 1.00. The monoisotopic (exact) mass is 1170 g/mol. The molecule has 0 unspecified atom stereocenters. The first-order chi connectivity index (χ1) is 32.4. The van der Waals surface area contributed by atoms with Gasteiger partial charge in [0.2, 0.25) is 0 Å². The van der Waals surface area contributed by atoms with Gasteiger partial charge in [-0.25, -0.2) is 0 Å². The molecule has 0 aliphatic rings. The van der Waals surface area contributed by atoms with Crippen molar-refractivity contribution in [2.75, 3.05) is 173 Å². The Morgan fingerprint density at radius 3 is 0.457 bits per heavy atom. The number of methoxy groups -OCH3 is 2. The van der Waals surface area contributed by atoms with Crippen LogP contribution in [0, 0.1) is 0 Å². The summed E-state index contributed by atoms with van der Waals surface area (Å²) in [7, 11) is -14.4. The molecule has 0 aromatic heterocycles. The van der Waals surface area contributed by atoms with Crippen molar-refractivity contribution < 1.29 is 65.7 Å². The molecule has 24 heteroatoms. The Hall–Kier alpha value is 1.61. The first kappa shape index (κ1) is 71.6. The van der Waals surface area contributed by atoms with E-state index in [2.05, 4.69) is 131 Å². The quantitative estimate of drug-likeness (QED) is 0.0429. The molecule has 0 bridgehead atoms. The molecule has 422 valence electrons. The molecule has 70 heavy (non-hydrogen) atoms. The number of hydrogen-bond acceptors (Lipinski definition) is 14. The molecule has 0 amide bonds. The maximum Gasteiger partial charge on any atom is 0.171 e. The summed E-state index contributed by atoms with van der Waals surface area (Å²) in [4.78, 5) is 0. The van der Waals surface area contributed by atoms with E-state index in [4.69, 9.17) is 65.7 Å². The van der Waals surface area contributed by atoms with Crippen molar-refractivity contribution in [3.63, 3.8) is 0 Å². The summed E-state index contributed by atoms with van der Waals surface area (Å²) in [5, 5.41) is 0. The van der Waals surface area contributed by atoms with Gasteiger partial charge in [0.25, 0.3) is 0 Å². The molecule has 0 radical (unpaired) electrons. The van der Waals surface area contributed by atoms with E-state index in [0.717, 1.165) is 0 Å². The fourth-order valence-electron chi connectivity index (χ4n) is 9.51. The fourth-order valence-corrected chi connectivity index (χ4v) is 314. The first-order valence-electron chi connectivity index (χ1n) is 26.4. The molecule has 0 aliphatic heterocycles. The molecular weight excluding hydrogens is 1060 g/mol. The van der Waals surface area contributed by atoms with Gasteiger partial charge in [-0.3, -0.25) is 0 Å². The molecule has 0 aromatic rings. The maximum atomic E-state index is 7.06. The largest absolute Gasteiger partial charge is 0.418 e. The van der Waals surface area contributed by atoms with E-state index in [0.29, 0.717) is 159 Å². The lowest BCUT2D eigenvalue weighted by Crippen LogP contribution is -2.95. The zero-order valence-corrected chi connectivity index (χ0v) is 59.7. The van der Waals surface area contributed by atoms with E-state index in [9.17, 15) is 0 Å². The van der Waals surface area contributed by atoms with Crippen LogP contribution in [0.4, 0.5) is 0 Å². The molecule has 0 saturated heterocycles. The third kappa shape index (κ3) is 21.1. The van der Waals surface area contributed by atoms with Gasteiger partial charge in [0.05, 0.1) is 173 Å². The van der Waals surface area contributed by atoms with Gasteiger partial charge in [0.1, 0.15) is 0 Å². The first-order valence-corrected chi connectivity index (χ1v) is 65.2. The predicted molar refractivity (Wildman–Crippen MR) is 319 cm³/mol. The number of rotatable bonds is 47. The highest BCUT2D eigenvalue weighted by atomic mass is 30.1. The van der Waals surface area contributed by atoms with Crippen LogP contribution in [0.5, 0.6) is 0 Å². The summed E-state index contributed by atoms with van der Waals surface area (Å²) in [5.74, 6) is 0. The average molecular weight is 1170 g/mol. The van der Waals surface area contributed by atoms with Crippen LogP contribution in [0.15, 0.2) is 0 Å². The molecule has 14 nitrogen and oxygen atoms in total. The van der Waals surface area contributed by atoms with Crippen LogP contribution in [-0.2, 0) is 65.7 Å². The van der Waals surface area contributed by atoms with Gasteiger partial charge in [-0.05, 0) is 26.2 Å². The molecule has 0 fully saturated rings. The van der Waals surface area contributed by atoms with Gasteiger partial charge in [-0.15, -0.1) is 0 Å². The average Bonchev–Trinajstić information content (AvgIpc) is 3.27. The van der Waals surface area contributed by atoms with Crippen LogP contribution >= 0.6 is 0 Å². The second-order valence-corrected chi connectivity index (χ2v) is 136. The second kappa shape index (κ2) is 34.5. The summed E-state index contributed by atoms with van der Waals surface area (Å²) in [6, 6.07) is 0. The minimum absolute atomic E-state index is 0.544. The van der Waals surface area contributed by atoms with Crippen molar-refractivity contribution in [3.8, 4) is 0 Å². The summed E-state index contributed by atoms with van der Waals surface area (Å²) in [6.07, 6.45) is 0. The van der Waals surface area contributed by atoms with Gasteiger partial charge in [-0.1, -0.05) is 105 Å². The lowest BCUT2D eigenvalue weighted by atomic mass is 10.7. The van der Waals surface area contributed by atoms with Crippen molar-refractivity contribution in [1.29, 1.82) is 0 Å². The highest BCUT2D eigenvalue weighted by molar-refractivity contribution is 8.06. The van der Waals surface area contributed by atoms with Crippen molar-refractivity contribution >= 4 is 72.5 Å². The molecule has 0 aliphatic carbocycles. The highest BCUT2D eigenvalue weighted by Gasteiger charge is 2.72. The Balaban J connectivity index is 5.19. The smallest absolute Gasteiger partial charge is 0.171 e. The Morgan fingerprint density at radius 1 is 0.171 bits per heavy atom. The third-order valence-electron chi connectivity index (χ3n) is 19.2. The van der Waals surface area contributed by atoms with Gasteiger partial charge >= 0.3 is 0 Å². The van der Waals surface area contributed by atoms with Crippen molar-refractivity contribution in [2.24, 2.45) is 0 Å². The molecule has 0 saturated carbocycles. The molecule has 0 aromatic carbocycles. The molecule has 0 rings (SSSR count). The standard InChI is InChI=1S/C46H114O14Si10/c1-47-23-25-49-27-29-51-31-33-53-35-37-55-39-41-57-43-45-59-61(3,4)63(7,8)65(11,12)67(15,16)69(19,20)70(21,22)68(17,18)66(13,14)64(9,10)62(5,6)60-46-44-58-42-40-56-38-36-54-34-32-52-30-28-50-26-24-48-2/h23-46H2,1-22H3. The maximum absolute atomic E-state index is 7.06. The zero-order valence-electron chi connectivity index (χ0n) is 49.7. The Labute approximate surface area is 439 Å². The van der Waals surface area contributed by atoms with Crippen LogP contribution in [0.2, 0.25) is 131 Å². The summed E-state index contributed by atoms with van der Waals surface area (Å²) >= 11 is 0. The number of ether oxygens (including phenoxy) is 12. The Kier molecular flexibility index (Phi) is 35.3. The van der Waals surface area contributed by atoms with E-state index in [1.807, 2.05) is 0 Å². The van der Waals surface area contributed by atoms with Crippen molar-refractivity contribution in [3.05, 3.63) is 0 Å². The van der Waals surface area contributed by atoms with Crippen molar-refractivity contribution in [1.82, 2.24) is 0 Å². The van der Waals surface area contributed by atoms with Crippen molar-refractivity contribution in [2.45, 2.75) is 131 Å². The lowest BCUT2D eigenvalue weighted by Gasteiger charge is -2.67. The second-order valence-electron chi connectivity index (χ2n) is 23.8. The summed E-state index contributed by atoms with van der Waals surface area (Å²) in [6.45, 7) is 69.7. The minimum Gasteiger partial charge on any atom is -0.418 e. The highest BCUT2D eigenvalue weighted by Crippen LogP contribution is 2.48. The molecule has 0 heterocycles. The van der Waals surface area contributed by atoms with Crippen LogP contribution < -0.4 is 0 Å². The van der Waals surface area contributed by atoms with Crippen LogP contribution in [-0.4, -0.2) is 245 Å². The molecule has 0 atom stereocenters. The molecular formula is C46H114O14Si10. The molecule has 0 N–H and O–H groups in total. The molecule has 0 spiro atoms. The van der Waals surface area contributed by atoms with Crippen LogP contribution in [0.1, 0.15) is 0 Å². The normalized spacial score (nSPS) is 14.3. The minimum atomic E-state index is -1.99. The van der Waals surface area contributed by atoms with E-state index < -0.39 is 72.5 Å². The topological polar surface area (TPSA) is 129 Å². The van der Waals surface area contributed by atoms with Gasteiger partial charge in [0.15, 0.2) is 15.7 Å². The van der Waals surface area contributed by atoms with E-state index in [1.165, 1.54) is 0 Å². The Morgan fingerprint density at radius 2 is 0.300 bits per heavy atom. The Bertz CT molecular complexity index is 1250. The van der Waals surface area contributed by atoms with Gasteiger partial charge < -0.3 is 65.7 Å². The van der Waals surface area contributed by atoms with E-state index >= 15 is 0 Å². The predicted octanol–water partition coefficient (Wildman–Crippen LogP) is 8.26. The lowest BCUT2D eigenvalue weighted by molar-refractivity contribution is -0.0160. The van der Waals surface area contributed by atoms with Gasteiger partial charge in [0, 0.05) is 56.9 Å². The van der Waals surface area contributed by atoms with Gasteiger partial charge in [-0.2, -0.15) is 0 Å². The zero-order chi connectivity index (χ0) is 53.9. The van der Waals surface area contributed by atoms with Crippen LogP contribution in [0.3, 0.4) is 0 Å². The van der Waals surface area contributed by atoms with E-state index in [-0.39, 0.29) is 0 Å². The number of hydrogen-bond donors (Lipinski definition) is 0. The van der Waals surface area contributed by atoms with E-state index in [1.54, 1.807) is 14.2 Å². The SMILES string of the molecule is COCCOCCOCCOCCOCCOCCO[Si](C)(C)[Si](C)(C)[Si](C)(C)[Si](C)(C)[Si](C)(C)[Si](C)(C)[Si](C)(C)[Si](C)(C)[Si](C)(C)[Si](C)(C)OCCOCCOCCOCCOCCOCCOC. The van der Waals surface area contributed by atoms with Crippen LogP contribution in [0.25, 0.3) is 0 Å². The summed E-state index contributed by atoms with van der Waals surface area (Å²) in [5.41, 5.74) is 0. The summed E-state index contributed by atoms with van der Waals surface area (Å²) < 4.78 is 80.7.